The van der Waals surface area contributed by atoms with Gasteiger partial charge in [-0.25, -0.2) is 0 Å². The Bertz CT molecular complexity index is 1520. The number of aromatic amines is 1. The number of benzene rings is 2. The molecule has 2 fully saturated rings. The number of morpholine rings is 1. The average Bonchev–Trinajstić information content (AvgIpc) is 3.37. The summed E-state index contributed by atoms with van der Waals surface area (Å²) in [5.41, 5.74) is 1.58. The highest BCUT2D eigenvalue weighted by Crippen LogP contribution is 2.33. The van der Waals surface area contributed by atoms with E-state index in [0.717, 1.165) is 35.1 Å². The fourth-order valence-electron chi connectivity index (χ4n) is 5.88. The normalized spacial score (nSPS) is 18.8. The molecule has 0 aliphatic carbocycles. The van der Waals surface area contributed by atoms with Gasteiger partial charge in [-0.05, 0) is 50.1 Å². The maximum Gasteiger partial charge on any atom is 0.416 e. The third-order valence-corrected chi connectivity index (χ3v) is 8.48. The molecule has 2 aliphatic rings. The summed E-state index contributed by atoms with van der Waals surface area (Å²) in [5, 5.41) is 1.08. The van der Waals surface area contributed by atoms with Gasteiger partial charge in [0.2, 0.25) is 0 Å². The topological polar surface area (TPSA) is 55.1 Å². The second-order valence-corrected chi connectivity index (χ2v) is 12.3. The number of ether oxygens (including phenoxy) is 1. The summed E-state index contributed by atoms with van der Waals surface area (Å²) in [4.78, 5) is 25.1. The Kier molecular flexibility index (Phi) is 12.3. The number of anilines is 1. The molecule has 1 N–H and O–H groups in total. The van der Waals surface area contributed by atoms with Crippen LogP contribution in [0.15, 0.2) is 48.7 Å². The highest BCUT2D eigenvalue weighted by Gasteiger charge is 2.35. The van der Waals surface area contributed by atoms with Crippen LogP contribution in [0.3, 0.4) is 0 Å². The van der Waals surface area contributed by atoms with Crippen molar-refractivity contribution in [1.82, 2.24) is 19.7 Å². The number of halogens is 5. The highest BCUT2D eigenvalue weighted by molar-refractivity contribution is 5.96. The third-order valence-electron chi connectivity index (χ3n) is 8.48. The maximum absolute atomic E-state index is 13.9. The number of carbonyl (C=O) groups is 1. The molecule has 1 atom stereocenters. The van der Waals surface area contributed by atoms with Crippen LogP contribution in [0.4, 0.5) is 18.9 Å². The van der Waals surface area contributed by atoms with E-state index in [2.05, 4.69) is 40.5 Å². The van der Waals surface area contributed by atoms with Gasteiger partial charge in [0, 0.05) is 80.2 Å². The fraction of sp³-hybridized carbons (Fsp3) is 0.485. The van der Waals surface area contributed by atoms with Gasteiger partial charge in [-0.2, -0.15) is 13.2 Å². The minimum absolute atomic E-state index is 0. The number of H-pyrrole nitrogens is 1. The van der Waals surface area contributed by atoms with Crippen LogP contribution < -0.4 is 4.90 Å². The Morgan fingerprint density at radius 1 is 1.07 bits per heavy atom. The Hall–Kier alpha value is -2.94. The number of amides is 1. The largest absolute Gasteiger partial charge is 0.416 e. The quantitative estimate of drug-likeness (QED) is 0.348. The van der Waals surface area contributed by atoms with Gasteiger partial charge in [0.15, 0.2) is 0 Å². The molecule has 2 aliphatic heterocycles. The number of fused-ring (bicyclic) bond motifs is 1. The number of rotatable bonds is 6. The molecule has 246 valence electrons. The van der Waals surface area contributed by atoms with Crippen molar-refractivity contribution < 1.29 is 22.7 Å². The molecule has 1 aromatic heterocycles. The number of hydrogen-bond donors (Lipinski definition) is 1. The molecule has 0 spiro atoms. The van der Waals surface area contributed by atoms with Crippen LogP contribution in [0, 0.1) is 11.8 Å². The number of hydrogen-bond acceptors (Lipinski definition) is 5. The molecule has 0 saturated carbocycles. The molecule has 0 radical (unpaired) electrons. The number of nitrogens with one attached hydrogen (secondary N) is 1. The summed E-state index contributed by atoms with van der Waals surface area (Å²) in [6.07, 6.45) is -2.02. The van der Waals surface area contributed by atoms with Crippen LogP contribution in [-0.2, 0) is 17.3 Å². The van der Waals surface area contributed by atoms with E-state index < -0.39 is 11.7 Å². The number of alkyl halides is 3. The number of nitrogens with zero attached hydrogens (tertiary/aromatic N) is 4. The standard InChI is InChI=1S/C33H40F3N5O2.2ClH/c1-32(2)23-43-16-15-40(32)12-8-7-11-39-13-14-41(28(22-39)19-25-21-37-30-10-6-5-9-29(25)30)31(42)24-17-26(33(34,35)36)20-27(18-24)38(3)4;;/h5-6,9-10,17-18,20-21,28,37H,11-16,19,22-23H2,1-4H3;2*1H. The van der Waals surface area contributed by atoms with Crippen molar-refractivity contribution in [3.63, 3.8) is 0 Å². The zero-order valence-corrected chi connectivity index (χ0v) is 27.7. The smallest absolute Gasteiger partial charge is 0.378 e. The van der Waals surface area contributed by atoms with Gasteiger partial charge >= 0.3 is 6.18 Å². The lowest BCUT2D eigenvalue weighted by Crippen LogP contribution is -2.56. The Morgan fingerprint density at radius 2 is 1.80 bits per heavy atom. The molecule has 45 heavy (non-hydrogen) atoms. The highest BCUT2D eigenvalue weighted by atomic mass is 35.5. The number of para-hydroxylation sites is 1. The van der Waals surface area contributed by atoms with Gasteiger partial charge in [-0.3, -0.25) is 14.6 Å². The van der Waals surface area contributed by atoms with E-state index in [1.807, 2.05) is 30.5 Å². The summed E-state index contributed by atoms with van der Waals surface area (Å²) in [7, 11) is 3.34. The lowest BCUT2D eigenvalue weighted by Gasteiger charge is -2.41. The third kappa shape index (κ3) is 8.66. The van der Waals surface area contributed by atoms with E-state index in [-0.39, 0.29) is 47.9 Å². The van der Waals surface area contributed by atoms with E-state index >= 15 is 0 Å². The predicted molar refractivity (Wildman–Crippen MR) is 178 cm³/mol. The molecule has 7 nitrogen and oxygen atoms in total. The second-order valence-electron chi connectivity index (χ2n) is 12.3. The first-order valence-corrected chi connectivity index (χ1v) is 14.7. The lowest BCUT2D eigenvalue weighted by molar-refractivity contribution is -0.137. The first-order valence-electron chi connectivity index (χ1n) is 14.7. The summed E-state index contributed by atoms with van der Waals surface area (Å²) >= 11 is 0. The van der Waals surface area contributed by atoms with Crippen LogP contribution in [0.25, 0.3) is 10.9 Å². The summed E-state index contributed by atoms with van der Waals surface area (Å²) in [5.74, 6) is 6.25. The van der Waals surface area contributed by atoms with E-state index in [1.54, 1.807) is 30.0 Å². The Labute approximate surface area is 275 Å². The monoisotopic (exact) mass is 667 g/mol. The molecule has 5 rings (SSSR count). The summed E-state index contributed by atoms with van der Waals surface area (Å²) in [6.45, 7) is 9.34. The number of carbonyl (C=O) groups excluding carboxylic acids is 1. The summed E-state index contributed by atoms with van der Waals surface area (Å²) < 4.78 is 46.9. The van der Waals surface area contributed by atoms with E-state index in [9.17, 15) is 18.0 Å². The predicted octanol–water partition coefficient (Wildman–Crippen LogP) is 5.58. The van der Waals surface area contributed by atoms with Crippen LogP contribution in [-0.4, -0.2) is 104 Å². The van der Waals surface area contributed by atoms with Crippen molar-refractivity contribution in [2.45, 2.75) is 38.0 Å². The molecular weight excluding hydrogens is 626 g/mol. The molecule has 12 heteroatoms. The van der Waals surface area contributed by atoms with E-state index in [1.165, 1.54) is 0 Å². The maximum atomic E-state index is 13.9. The summed E-state index contributed by atoms with van der Waals surface area (Å²) in [6, 6.07) is 11.4. The number of piperazine rings is 1. The van der Waals surface area contributed by atoms with Crippen molar-refractivity contribution in [3.8, 4) is 11.8 Å². The molecule has 1 unspecified atom stereocenters. The minimum Gasteiger partial charge on any atom is -0.378 e. The van der Waals surface area contributed by atoms with Crippen LogP contribution in [0.2, 0.25) is 0 Å². The first-order chi connectivity index (χ1) is 20.4. The van der Waals surface area contributed by atoms with E-state index in [0.29, 0.717) is 58.0 Å². The molecule has 0 bridgehead atoms. The number of aromatic nitrogens is 1. The fourth-order valence-corrected chi connectivity index (χ4v) is 5.88. The molecule has 1 amide bonds. The average molecular weight is 669 g/mol. The molecule has 3 heterocycles. The van der Waals surface area contributed by atoms with Gasteiger partial charge < -0.3 is 19.5 Å². The van der Waals surface area contributed by atoms with Gasteiger partial charge in [0.25, 0.3) is 5.91 Å². The van der Waals surface area contributed by atoms with Crippen molar-refractivity contribution in [1.29, 1.82) is 0 Å². The second kappa shape index (κ2) is 15.1. The van der Waals surface area contributed by atoms with Gasteiger partial charge in [-0.1, -0.05) is 30.0 Å². The van der Waals surface area contributed by atoms with Crippen LogP contribution >= 0.6 is 24.8 Å². The van der Waals surface area contributed by atoms with Crippen molar-refractivity contribution in [3.05, 3.63) is 65.4 Å². The zero-order chi connectivity index (χ0) is 30.8. The van der Waals surface area contributed by atoms with Crippen LogP contribution in [0.1, 0.15) is 35.3 Å². The molecule has 2 saturated heterocycles. The van der Waals surface area contributed by atoms with Gasteiger partial charge in [0.05, 0.1) is 31.9 Å². The van der Waals surface area contributed by atoms with E-state index in [4.69, 9.17) is 4.74 Å². The van der Waals surface area contributed by atoms with Crippen molar-refractivity contribution >= 4 is 47.3 Å². The molecular formula is C33H42Cl2F3N5O2. The Morgan fingerprint density at radius 3 is 2.51 bits per heavy atom. The lowest BCUT2D eigenvalue weighted by atomic mass is 9.99. The van der Waals surface area contributed by atoms with Gasteiger partial charge in [-0.15, -0.1) is 24.8 Å². The Balaban J connectivity index is 0.00000276. The minimum atomic E-state index is -4.56. The SMILES string of the molecule is CN(C)c1cc(C(=O)N2CCN(CC#CCN3CCOCC3(C)C)CC2Cc2c[nH]c3ccccc23)cc(C(F)(F)F)c1.Cl.Cl. The first kappa shape index (κ1) is 36.5. The molecule has 2 aromatic carbocycles. The van der Waals surface area contributed by atoms with Gasteiger partial charge in [0.1, 0.15) is 0 Å². The van der Waals surface area contributed by atoms with Crippen molar-refractivity contribution in [2.24, 2.45) is 0 Å². The molecule has 3 aromatic rings. The van der Waals surface area contributed by atoms with Crippen molar-refractivity contribution in [2.75, 3.05) is 71.5 Å². The van der Waals surface area contributed by atoms with Crippen LogP contribution in [0.5, 0.6) is 0 Å². The zero-order valence-electron chi connectivity index (χ0n) is 26.1.